The van der Waals surface area contributed by atoms with E-state index in [4.69, 9.17) is 0 Å². The molecule has 1 N–H and O–H groups in total. The zero-order chi connectivity index (χ0) is 15.5. The van der Waals surface area contributed by atoms with Crippen LogP contribution in [-0.2, 0) is 6.54 Å². The van der Waals surface area contributed by atoms with Crippen molar-refractivity contribution < 1.29 is 22.7 Å². The molecule has 1 aromatic carbocycles. The van der Waals surface area contributed by atoms with Crippen molar-refractivity contribution in [2.75, 3.05) is 0 Å². The van der Waals surface area contributed by atoms with Crippen LogP contribution < -0.4 is 13.7 Å². The molecule has 0 saturated carbocycles. The van der Waals surface area contributed by atoms with E-state index in [1.54, 1.807) is 11.6 Å². The maximum atomic E-state index is 12.3. The second-order valence-electron chi connectivity index (χ2n) is 3.90. The molecule has 1 unspecified atom stereocenters. The van der Waals surface area contributed by atoms with Crippen LogP contribution in [0, 0.1) is 0 Å². The van der Waals surface area contributed by atoms with Crippen molar-refractivity contribution in [3.63, 3.8) is 0 Å². The quantitative estimate of drug-likeness (QED) is 0.815. The van der Waals surface area contributed by atoms with Gasteiger partial charge in [-0.05, 0) is 0 Å². The van der Waals surface area contributed by atoms with Crippen LogP contribution in [0.2, 0.25) is 0 Å². The number of hydrogen-bond acceptors (Lipinski definition) is 4. The second-order valence-corrected chi connectivity index (χ2v) is 6.88. The summed E-state index contributed by atoms with van der Waals surface area (Å²) in [5.41, 5.74) is 2.09. The molecule has 0 aliphatic heterocycles. The first-order valence-electron chi connectivity index (χ1n) is 5.67. The number of ether oxygens (including phenoxy) is 1. The fraction of sp³-hybridized carbons (Fsp3) is 0.167. The first kappa shape index (κ1) is 15.8. The number of rotatable bonds is 4. The van der Waals surface area contributed by atoms with E-state index in [0.717, 1.165) is 3.66 Å². The van der Waals surface area contributed by atoms with E-state index in [9.17, 15) is 18.0 Å². The molecule has 4 nitrogen and oxygen atoms in total. The predicted molar refractivity (Wildman–Crippen MR) is 74.6 cm³/mol. The van der Waals surface area contributed by atoms with E-state index in [-0.39, 0.29) is 17.9 Å². The molecule has 2 aromatic rings. The second kappa shape index (κ2) is 6.49. The molecule has 9 heteroatoms. The number of carbonyl (C=O) groups is 1. The van der Waals surface area contributed by atoms with E-state index < -0.39 is 12.3 Å². The number of benzene rings is 1. The van der Waals surface area contributed by atoms with Gasteiger partial charge in [0.2, 0.25) is 0 Å². The molecule has 0 aliphatic rings. The van der Waals surface area contributed by atoms with Crippen molar-refractivity contribution in [3.05, 3.63) is 41.0 Å². The van der Waals surface area contributed by atoms with Gasteiger partial charge in [-0.15, -0.1) is 0 Å². The monoisotopic (exact) mass is 378 g/mol. The zero-order valence-electron chi connectivity index (χ0n) is 10.5. The Balaban J connectivity index is 2.07. The van der Waals surface area contributed by atoms with Crippen molar-refractivity contribution in [3.8, 4) is 5.75 Å². The molecule has 0 fully saturated rings. The average molecular weight is 378 g/mol. The molecule has 1 atom stereocenters. The average Bonchev–Trinajstić information content (AvgIpc) is 2.82. The number of para-hydroxylation sites is 1. The van der Waals surface area contributed by atoms with E-state index >= 15 is 0 Å². The van der Waals surface area contributed by atoms with Crippen LogP contribution in [0.1, 0.15) is 16.1 Å². The van der Waals surface area contributed by atoms with Crippen molar-refractivity contribution in [2.45, 2.75) is 12.9 Å². The summed E-state index contributed by atoms with van der Waals surface area (Å²) in [6.07, 6.45) is -4.77. The minimum atomic E-state index is -4.77. The van der Waals surface area contributed by atoms with Crippen LogP contribution in [-0.4, -0.2) is 34.1 Å². The number of aromatic nitrogens is 1. The van der Waals surface area contributed by atoms with E-state index in [0.29, 0.717) is 5.69 Å². The molecular formula is C12H10AsF3N2O2S. The van der Waals surface area contributed by atoms with Crippen LogP contribution in [0.25, 0.3) is 0 Å². The van der Waals surface area contributed by atoms with Gasteiger partial charge in [-0.3, -0.25) is 0 Å². The number of nitrogens with zero attached hydrogens (tertiary/aromatic N) is 1. The fourth-order valence-corrected chi connectivity index (χ4v) is 2.90. The Hall–Kier alpha value is -1.53. The topological polar surface area (TPSA) is 51.2 Å². The molecule has 0 aliphatic carbocycles. The van der Waals surface area contributed by atoms with E-state index in [1.165, 1.54) is 46.4 Å². The van der Waals surface area contributed by atoms with E-state index in [2.05, 4.69) is 15.0 Å². The zero-order valence-corrected chi connectivity index (χ0v) is 13.7. The van der Waals surface area contributed by atoms with Crippen LogP contribution >= 0.6 is 11.3 Å². The molecule has 0 saturated heterocycles. The summed E-state index contributed by atoms with van der Waals surface area (Å²) in [4.78, 5) is 15.8. The Kier molecular flexibility index (Phi) is 4.90. The van der Waals surface area contributed by atoms with Crippen molar-refractivity contribution in [2.24, 2.45) is 0 Å². The summed E-state index contributed by atoms with van der Waals surface area (Å²) in [7, 11) is 0. The normalized spacial score (nSPS) is 11.2. The first-order chi connectivity index (χ1) is 9.87. The van der Waals surface area contributed by atoms with Gasteiger partial charge in [0.15, 0.2) is 0 Å². The number of hydrogen-bond donors (Lipinski definition) is 1. The Morgan fingerprint density at radius 2 is 2.10 bits per heavy atom. The number of alkyl halides is 3. The molecule has 112 valence electrons. The third-order valence-electron chi connectivity index (χ3n) is 2.45. The van der Waals surface area contributed by atoms with Crippen molar-refractivity contribution >= 4 is 37.8 Å². The van der Waals surface area contributed by atoms with Gasteiger partial charge in [0.05, 0.1) is 0 Å². The van der Waals surface area contributed by atoms with E-state index in [1.807, 2.05) is 0 Å². The molecule has 0 bridgehead atoms. The summed E-state index contributed by atoms with van der Waals surface area (Å²) >= 11 is 2.62. The molecule has 0 spiro atoms. The Morgan fingerprint density at radius 1 is 1.38 bits per heavy atom. The summed E-state index contributed by atoms with van der Waals surface area (Å²) in [6, 6.07) is 5.66. The number of carbonyl (C=O) groups excluding carboxylic acids is 1. The van der Waals surface area contributed by atoms with Gasteiger partial charge in [-0.1, -0.05) is 0 Å². The summed E-state index contributed by atoms with van der Waals surface area (Å²) in [5, 5.41) is 2.54. The van der Waals surface area contributed by atoms with Gasteiger partial charge in [0.1, 0.15) is 0 Å². The Bertz CT molecular complexity index is 645. The third-order valence-corrected chi connectivity index (χ3v) is 4.54. The van der Waals surface area contributed by atoms with Crippen LogP contribution in [0.5, 0.6) is 5.75 Å². The van der Waals surface area contributed by atoms with Crippen molar-refractivity contribution in [1.82, 2.24) is 10.3 Å². The number of amides is 1. The fourth-order valence-electron chi connectivity index (χ4n) is 1.56. The summed E-state index contributed by atoms with van der Waals surface area (Å²) in [5.74, 6) is -0.748. The Labute approximate surface area is 130 Å². The third kappa shape index (κ3) is 4.47. The van der Waals surface area contributed by atoms with Gasteiger partial charge in [-0.25, -0.2) is 0 Å². The molecule has 0 radical (unpaired) electrons. The molecule has 21 heavy (non-hydrogen) atoms. The SMILES string of the molecule is O=C(NCc1ccccc1OC(F)(F)F)c1ncsc1[AsH2]. The molecule has 1 heterocycles. The van der Waals surface area contributed by atoms with Crippen molar-refractivity contribution in [1.29, 1.82) is 0 Å². The number of nitrogens with one attached hydrogen (secondary N) is 1. The van der Waals surface area contributed by atoms with Gasteiger partial charge in [0, 0.05) is 0 Å². The number of thiazole rings is 1. The van der Waals surface area contributed by atoms with Crippen LogP contribution in [0.15, 0.2) is 29.8 Å². The summed E-state index contributed by atoms with van der Waals surface area (Å²) in [6.45, 7) is -0.0744. The van der Waals surface area contributed by atoms with Gasteiger partial charge < -0.3 is 0 Å². The van der Waals surface area contributed by atoms with Crippen LogP contribution in [0.4, 0.5) is 13.2 Å². The number of halogens is 3. The molecule has 1 aromatic heterocycles. The summed E-state index contributed by atoms with van der Waals surface area (Å²) < 4.78 is 41.6. The molecular weight excluding hydrogens is 368 g/mol. The van der Waals surface area contributed by atoms with Gasteiger partial charge >= 0.3 is 130 Å². The first-order valence-corrected chi connectivity index (χ1v) is 7.77. The molecule has 1 amide bonds. The minimum absolute atomic E-state index is 0.0744. The standard InChI is InChI=1S/C12H10AsF3N2O2S/c13-10-9(18-6-21-10)11(19)17-5-7-3-1-2-4-8(7)20-12(14,15)16/h1-4,6H,5,13H2,(H,17,19). The van der Waals surface area contributed by atoms with Gasteiger partial charge in [0.25, 0.3) is 0 Å². The maximum absolute atomic E-state index is 12.3. The van der Waals surface area contributed by atoms with Crippen LogP contribution in [0.3, 0.4) is 0 Å². The molecule has 2 rings (SSSR count). The Morgan fingerprint density at radius 3 is 2.71 bits per heavy atom. The predicted octanol–water partition coefficient (Wildman–Crippen LogP) is 1.23. The van der Waals surface area contributed by atoms with Gasteiger partial charge in [-0.2, -0.15) is 0 Å².